The summed E-state index contributed by atoms with van der Waals surface area (Å²) in [6, 6.07) is 54.9. The third-order valence-corrected chi connectivity index (χ3v) is 10.5. The first-order chi connectivity index (χ1) is 24.8. The van der Waals surface area contributed by atoms with E-state index in [2.05, 4.69) is 95.6 Å². The number of hydrogen-bond donors (Lipinski definition) is 0. The van der Waals surface area contributed by atoms with Crippen molar-refractivity contribution in [1.29, 1.82) is 0 Å². The summed E-state index contributed by atoms with van der Waals surface area (Å²) in [5.41, 5.74) is 8.20. The lowest BCUT2D eigenvalue weighted by molar-refractivity contribution is 1.05. The van der Waals surface area contributed by atoms with E-state index in [0.717, 1.165) is 27.8 Å². The van der Waals surface area contributed by atoms with Crippen LogP contribution in [0.15, 0.2) is 164 Å². The Morgan fingerprint density at radius 1 is 0.440 bits per heavy atom. The van der Waals surface area contributed by atoms with Crippen LogP contribution in [0.5, 0.6) is 0 Å². The molecule has 0 radical (unpaired) electrons. The third-order valence-electron chi connectivity index (χ3n) is 9.32. The topological polar surface area (TPSA) is 56.5 Å². The van der Waals surface area contributed by atoms with Crippen LogP contribution in [-0.4, -0.2) is 24.5 Å². The van der Waals surface area contributed by atoms with E-state index in [1.54, 1.807) is 0 Å². The van der Waals surface area contributed by atoms with Gasteiger partial charge in [0.15, 0.2) is 17.5 Å². The molecule has 6 heteroatoms. The largest absolute Gasteiger partial charge is 0.308 e. The van der Waals surface area contributed by atoms with Gasteiger partial charge in [-0.2, -0.15) is 0 Å². The van der Waals surface area contributed by atoms with Gasteiger partial charge in [-0.15, -0.1) is 11.3 Å². The molecule has 0 saturated heterocycles. The third kappa shape index (κ3) is 4.69. The van der Waals surface area contributed by atoms with Gasteiger partial charge in [-0.05, 0) is 47.5 Å². The minimum atomic E-state index is 0.532. The smallest absolute Gasteiger partial charge is 0.182 e. The molecule has 0 aliphatic rings. The van der Waals surface area contributed by atoms with Crippen molar-refractivity contribution in [3.05, 3.63) is 164 Å². The molecule has 0 unspecified atom stereocenters. The number of rotatable bonds is 5. The highest BCUT2D eigenvalue weighted by Gasteiger charge is 2.17. The summed E-state index contributed by atoms with van der Waals surface area (Å²) < 4.78 is 4.92. The molecule has 6 aromatic carbocycles. The molecule has 4 heterocycles. The lowest BCUT2D eigenvalue weighted by Gasteiger charge is -2.11. The zero-order chi connectivity index (χ0) is 33.0. The Hall–Kier alpha value is -6.50. The second kappa shape index (κ2) is 11.6. The molecule has 4 aromatic heterocycles. The standard InChI is InChI=1S/C44H27N5S/c1-3-12-28(13-4-1)42-46-43(29-14-5-2-6-15-29)48-44(47-42)36-25-23-31(27-45-36)49-37-19-9-7-16-33(37)34-24-22-30(26-38(34)49)32-18-11-21-40-41(32)35-17-8-10-20-39(35)50-40/h1-27H. The molecule has 0 fully saturated rings. The van der Waals surface area contributed by atoms with E-state index in [0.29, 0.717) is 23.2 Å². The average Bonchev–Trinajstić information content (AvgIpc) is 3.74. The van der Waals surface area contributed by atoms with Crippen LogP contribution in [-0.2, 0) is 0 Å². The van der Waals surface area contributed by atoms with Crippen LogP contribution >= 0.6 is 11.3 Å². The van der Waals surface area contributed by atoms with Crippen molar-refractivity contribution < 1.29 is 0 Å². The molecule has 0 aliphatic heterocycles. The van der Waals surface area contributed by atoms with Crippen molar-refractivity contribution in [2.24, 2.45) is 0 Å². The first-order valence-electron chi connectivity index (χ1n) is 16.6. The van der Waals surface area contributed by atoms with E-state index in [-0.39, 0.29) is 0 Å². The van der Waals surface area contributed by atoms with E-state index in [1.165, 1.54) is 42.1 Å². The van der Waals surface area contributed by atoms with E-state index in [4.69, 9.17) is 19.9 Å². The Labute approximate surface area is 291 Å². The van der Waals surface area contributed by atoms with Crippen molar-refractivity contribution in [3.63, 3.8) is 0 Å². The zero-order valence-corrected chi connectivity index (χ0v) is 27.5. The molecule has 0 amide bonds. The van der Waals surface area contributed by atoms with E-state index >= 15 is 0 Å². The van der Waals surface area contributed by atoms with Gasteiger partial charge in [0.25, 0.3) is 0 Å². The molecule has 10 aromatic rings. The molecule has 0 atom stereocenters. The molecule has 10 rings (SSSR count). The Kier molecular flexibility index (Phi) is 6.60. The summed E-state index contributed by atoms with van der Waals surface area (Å²) in [6.07, 6.45) is 1.93. The molecular formula is C44H27N5S. The molecular weight excluding hydrogens is 631 g/mol. The van der Waals surface area contributed by atoms with E-state index in [9.17, 15) is 0 Å². The van der Waals surface area contributed by atoms with Gasteiger partial charge in [-0.3, -0.25) is 4.98 Å². The van der Waals surface area contributed by atoms with Crippen molar-refractivity contribution in [3.8, 4) is 51.1 Å². The maximum atomic E-state index is 4.96. The Morgan fingerprint density at radius 2 is 1.08 bits per heavy atom. The van der Waals surface area contributed by atoms with Gasteiger partial charge in [-0.1, -0.05) is 121 Å². The molecule has 0 spiro atoms. The van der Waals surface area contributed by atoms with Crippen LogP contribution < -0.4 is 0 Å². The fourth-order valence-corrected chi connectivity index (χ4v) is 8.14. The van der Waals surface area contributed by atoms with Crippen LogP contribution in [0.4, 0.5) is 0 Å². The first-order valence-corrected chi connectivity index (χ1v) is 17.4. The molecule has 0 saturated carbocycles. The fraction of sp³-hybridized carbons (Fsp3) is 0. The SMILES string of the molecule is c1ccc(-c2nc(-c3ccccc3)nc(-c3ccc(-n4c5ccccc5c5ccc(-c6cccc7sc8ccccc8c67)cc54)cn3)n2)cc1. The Bertz CT molecular complexity index is 2800. The fourth-order valence-electron chi connectivity index (χ4n) is 7.01. The highest BCUT2D eigenvalue weighted by atomic mass is 32.1. The lowest BCUT2D eigenvalue weighted by atomic mass is 9.98. The lowest BCUT2D eigenvalue weighted by Crippen LogP contribution is -2.02. The van der Waals surface area contributed by atoms with Crippen molar-refractivity contribution in [2.45, 2.75) is 0 Å². The normalized spacial score (nSPS) is 11.6. The number of fused-ring (bicyclic) bond motifs is 6. The first kappa shape index (κ1) is 28.5. The summed E-state index contributed by atoms with van der Waals surface area (Å²) in [4.78, 5) is 19.6. The van der Waals surface area contributed by atoms with Crippen LogP contribution in [0.2, 0.25) is 0 Å². The number of benzene rings is 6. The highest BCUT2D eigenvalue weighted by Crippen LogP contribution is 2.42. The summed E-state index contributed by atoms with van der Waals surface area (Å²) in [7, 11) is 0. The van der Waals surface area contributed by atoms with Crippen LogP contribution in [0.1, 0.15) is 0 Å². The minimum Gasteiger partial charge on any atom is -0.308 e. The molecule has 5 nitrogen and oxygen atoms in total. The summed E-state index contributed by atoms with van der Waals surface area (Å²) in [5.74, 6) is 1.76. The zero-order valence-electron chi connectivity index (χ0n) is 26.7. The predicted octanol–water partition coefficient (Wildman–Crippen LogP) is 11.4. The van der Waals surface area contributed by atoms with Crippen LogP contribution in [0.25, 0.3) is 93.1 Å². The number of hydrogen-bond acceptors (Lipinski definition) is 5. The quantitative estimate of drug-likeness (QED) is 0.185. The van der Waals surface area contributed by atoms with Gasteiger partial charge in [-0.25, -0.2) is 15.0 Å². The number of pyridine rings is 1. The van der Waals surface area contributed by atoms with Crippen molar-refractivity contribution >= 4 is 53.3 Å². The Balaban J connectivity index is 1.12. The number of aromatic nitrogens is 5. The predicted molar refractivity (Wildman–Crippen MR) is 207 cm³/mol. The molecule has 0 aliphatic carbocycles. The van der Waals surface area contributed by atoms with Crippen molar-refractivity contribution in [1.82, 2.24) is 24.5 Å². The second-order valence-electron chi connectivity index (χ2n) is 12.3. The summed E-state index contributed by atoms with van der Waals surface area (Å²) in [6.45, 7) is 0. The van der Waals surface area contributed by atoms with Crippen LogP contribution in [0.3, 0.4) is 0 Å². The molecule has 0 bridgehead atoms. The Morgan fingerprint density at radius 3 is 1.82 bits per heavy atom. The highest BCUT2D eigenvalue weighted by molar-refractivity contribution is 7.25. The number of thiophene rings is 1. The maximum absolute atomic E-state index is 4.96. The van der Waals surface area contributed by atoms with Gasteiger partial charge in [0.05, 0.1) is 22.9 Å². The summed E-state index contributed by atoms with van der Waals surface area (Å²) in [5, 5.41) is 5.01. The number of nitrogens with zero attached hydrogens (tertiary/aromatic N) is 5. The van der Waals surface area contributed by atoms with E-state index in [1.807, 2.05) is 84.3 Å². The molecule has 234 valence electrons. The van der Waals surface area contributed by atoms with Gasteiger partial charge in [0, 0.05) is 42.1 Å². The van der Waals surface area contributed by atoms with Gasteiger partial charge in [0.2, 0.25) is 0 Å². The van der Waals surface area contributed by atoms with Gasteiger partial charge in [0.1, 0.15) is 5.69 Å². The second-order valence-corrected chi connectivity index (χ2v) is 13.4. The number of para-hydroxylation sites is 1. The molecule has 0 N–H and O–H groups in total. The maximum Gasteiger partial charge on any atom is 0.182 e. The average molecular weight is 658 g/mol. The van der Waals surface area contributed by atoms with Crippen LogP contribution in [0, 0.1) is 0 Å². The van der Waals surface area contributed by atoms with E-state index < -0.39 is 0 Å². The van der Waals surface area contributed by atoms with Gasteiger partial charge >= 0.3 is 0 Å². The van der Waals surface area contributed by atoms with Crippen molar-refractivity contribution in [2.75, 3.05) is 0 Å². The summed E-state index contributed by atoms with van der Waals surface area (Å²) >= 11 is 1.85. The van der Waals surface area contributed by atoms with Gasteiger partial charge < -0.3 is 4.57 Å². The molecule has 50 heavy (non-hydrogen) atoms. The minimum absolute atomic E-state index is 0.532. The monoisotopic (exact) mass is 657 g/mol.